The van der Waals surface area contributed by atoms with Crippen LogP contribution in [-0.2, 0) is 11.3 Å². The third kappa shape index (κ3) is 4.66. The molecule has 26 heavy (non-hydrogen) atoms. The van der Waals surface area contributed by atoms with Crippen molar-refractivity contribution in [2.75, 3.05) is 5.32 Å². The monoisotopic (exact) mass is 371 g/mol. The average molecular weight is 371 g/mol. The molecule has 1 aromatic carbocycles. The summed E-state index contributed by atoms with van der Waals surface area (Å²) in [5.74, 6) is 0.494. The van der Waals surface area contributed by atoms with Crippen LogP contribution in [0.2, 0.25) is 0 Å². The van der Waals surface area contributed by atoms with Gasteiger partial charge in [0.2, 0.25) is 5.91 Å². The number of aromatic nitrogens is 4. The van der Waals surface area contributed by atoms with E-state index in [4.69, 9.17) is 4.74 Å². The van der Waals surface area contributed by atoms with E-state index in [-0.39, 0.29) is 17.9 Å². The Bertz CT molecular complexity index is 843. The van der Waals surface area contributed by atoms with Crippen molar-refractivity contribution in [3.63, 3.8) is 0 Å². The topological polar surface area (TPSA) is 81.9 Å². The van der Waals surface area contributed by atoms with E-state index >= 15 is 0 Å². The summed E-state index contributed by atoms with van der Waals surface area (Å²) < 4.78 is 7.28. The fraction of sp³-hybridized carbons (Fsp3) is 0.333. The molecule has 1 N–H and O–H groups in total. The number of anilines is 1. The minimum absolute atomic E-state index is 0.0953. The van der Waals surface area contributed by atoms with Crippen LogP contribution in [0.25, 0.3) is 11.3 Å². The van der Waals surface area contributed by atoms with Crippen molar-refractivity contribution >= 4 is 22.4 Å². The first-order chi connectivity index (χ1) is 12.5. The summed E-state index contributed by atoms with van der Waals surface area (Å²) in [5, 5.41) is 9.39. The van der Waals surface area contributed by atoms with E-state index in [1.165, 1.54) is 17.7 Å². The molecule has 8 heteroatoms. The second-order valence-corrected chi connectivity index (χ2v) is 7.09. The highest BCUT2D eigenvalue weighted by atomic mass is 32.1. The van der Waals surface area contributed by atoms with Crippen LogP contribution < -0.4 is 10.1 Å². The van der Waals surface area contributed by atoms with Crippen LogP contribution in [0.1, 0.15) is 20.8 Å². The van der Waals surface area contributed by atoms with Gasteiger partial charge in [0.25, 0.3) is 0 Å². The lowest BCUT2D eigenvalue weighted by molar-refractivity contribution is -0.119. The van der Waals surface area contributed by atoms with Gasteiger partial charge in [-0.3, -0.25) is 9.48 Å². The van der Waals surface area contributed by atoms with Gasteiger partial charge in [-0.1, -0.05) is 6.92 Å². The predicted molar refractivity (Wildman–Crippen MR) is 101 cm³/mol. The number of carbonyl (C=O) groups is 1. The molecule has 0 spiro atoms. The van der Waals surface area contributed by atoms with Crippen molar-refractivity contribution in [1.82, 2.24) is 19.7 Å². The summed E-state index contributed by atoms with van der Waals surface area (Å²) in [5.41, 5.74) is 1.80. The quantitative estimate of drug-likeness (QED) is 0.688. The van der Waals surface area contributed by atoms with Crippen LogP contribution in [0.5, 0.6) is 5.75 Å². The van der Waals surface area contributed by atoms with Crippen LogP contribution in [0.4, 0.5) is 5.13 Å². The zero-order chi connectivity index (χ0) is 18.5. The van der Waals surface area contributed by atoms with Gasteiger partial charge in [-0.2, -0.15) is 5.10 Å². The Morgan fingerprint density at radius 1 is 1.27 bits per heavy atom. The van der Waals surface area contributed by atoms with Gasteiger partial charge in [0.05, 0.1) is 24.3 Å². The van der Waals surface area contributed by atoms with Gasteiger partial charge in [0.1, 0.15) is 18.4 Å². The van der Waals surface area contributed by atoms with E-state index in [1.807, 2.05) is 50.4 Å². The smallest absolute Gasteiger partial charge is 0.230 e. The normalized spacial score (nSPS) is 12.2. The fourth-order valence-electron chi connectivity index (χ4n) is 2.36. The van der Waals surface area contributed by atoms with Crippen molar-refractivity contribution in [3.8, 4) is 17.0 Å². The Morgan fingerprint density at radius 2 is 2.04 bits per heavy atom. The van der Waals surface area contributed by atoms with E-state index in [1.54, 1.807) is 11.0 Å². The maximum Gasteiger partial charge on any atom is 0.230 e. The first kappa shape index (κ1) is 18.1. The summed E-state index contributed by atoms with van der Waals surface area (Å²) >= 11 is 1.40. The molecule has 0 aliphatic carbocycles. The molecule has 0 saturated heterocycles. The van der Waals surface area contributed by atoms with E-state index in [9.17, 15) is 4.79 Å². The van der Waals surface area contributed by atoms with Crippen LogP contribution in [0.3, 0.4) is 0 Å². The molecule has 1 atom stereocenters. The summed E-state index contributed by atoms with van der Waals surface area (Å²) in [4.78, 5) is 20.7. The average Bonchev–Trinajstić information content (AvgIpc) is 3.27. The molecule has 7 nitrogen and oxygen atoms in total. The van der Waals surface area contributed by atoms with Crippen molar-refractivity contribution in [1.29, 1.82) is 0 Å². The Kier molecular flexibility index (Phi) is 5.62. The number of ether oxygens (including phenoxy) is 1. The van der Waals surface area contributed by atoms with Gasteiger partial charge < -0.3 is 10.1 Å². The lowest BCUT2D eigenvalue weighted by atomic mass is 10.1. The molecular formula is C18H21N5O2S. The number of thiazole rings is 1. The number of nitrogens with zero attached hydrogens (tertiary/aromatic N) is 4. The molecular weight excluding hydrogens is 350 g/mol. The number of rotatable bonds is 7. The fourth-order valence-corrected chi connectivity index (χ4v) is 3.08. The third-order valence-corrected chi connectivity index (χ3v) is 4.39. The summed E-state index contributed by atoms with van der Waals surface area (Å²) in [6.07, 6.45) is 3.19. The third-order valence-electron chi connectivity index (χ3n) is 3.63. The number of carbonyl (C=O) groups excluding carboxylic acids is 1. The number of hydrogen-bond donors (Lipinski definition) is 1. The molecule has 0 saturated carbocycles. The van der Waals surface area contributed by atoms with Crippen LogP contribution >= 0.6 is 11.3 Å². The van der Waals surface area contributed by atoms with Gasteiger partial charge in [-0.05, 0) is 38.1 Å². The molecule has 0 radical (unpaired) electrons. The second kappa shape index (κ2) is 8.09. The van der Waals surface area contributed by atoms with Crippen LogP contribution in [-0.4, -0.2) is 31.8 Å². The largest absolute Gasteiger partial charge is 0.491 e. The van der Waals surface area contributed by atoms with Crippen molar-refractivity contribution in [2.24, 2.45) is 5.92 Å². The zero-order valence-corrected chi connectivity index (χ0v) is 15.7. The van der Waals surface area contributed by atoms with Crippen LogP contribution in [0, 0.1) is 5.92 Å². The molecule has 2 heterocycles. The van der Waals surface area contributed by atoms with Crippen molar-refractivity contribution in [2.45, 2.75) is 33.4 Å². The highest BCUT2D eigenvalue weighted by Crippen LogP contribution is 2.27. The SMILES string of the molecule is CC(C)Oc1ccc(-c2csc(NC(=O)C(C)Cn3cncn3)n2)cc1. The first-order valence-electron chi connectivity index (χ1n) is 8.37. The van der Waals surface area contributed by atoms with Gasteiger partial charge in [0, 0.05) is 10.9 Å². The number of amides is 1. The molecule has 3 aromatic rings. The van der Waals surface area contributed by atoms with Crippen molar-refractivity contribution in [3.05, 3.63) is 42.3 Å². The highest BCUT2D eigenvalue weighted by molar-refractivity contribution is 7.14. The Balaban J connectivity index is 1.61. The molecule has 136 valence electrons. The Labute approximate surface area is 156 Å². The van der Waals surface area contributed by atoms with E-state index in [2.05, 4.69) is 20.4 Å². The first-order valence-corrected chi connectivity index (χ1v) is 9.25. The number of benzene rings is 1. The van der Waals surface area contributed by atoms with Crippen LogP contribution in [0.15, 0.2) is 42.3 Å². The van der Waals surface area contributed by atoms with E-state index in [0.717, 1.165) is 17.0 Å². The molecule has 0 bridgehead atoms. The second-order valence-electron chi connectivity index (χ2n) is 6.24. The summed E-state index contributed by atoms with van der Waals surface area (Å²) in [6, 6.07) is 7.78. The predicted octanol–water partition coefficient (Wildman–Crippen LogP) is 3.46. The molecule has 2 aromatic heterocycles. The minimum Gasteiger partial charge on any atom is -0.491 e. The summed E-state index contributed by atoms with van der Waals surface area (Å²) in [6.45, 7) is 6.31. The van der Waals surface area contributed by atoms with E-state index < -0.39 is 0 Å². The maximum absolute atomic E-state index is 12.3. The standard InChI is InChI=1S/C18H21N5O2S/c1-12(2)25-15-6-4-14(5-7-15)16-9-26-18(21-16)22-17(24)13(3)8-23-11-19-10-20-23/h4-7,9-13H,8H2,1-3H3,(H,21,22,24). The zero-order valence-electron chi connectivity index (χ0n) is 14.9. The molecule has 1 unspecified atom stereocenters. The molecule has 0 fully saturated rings. The molecule has 0 aliphatic heterocycles. The highest BCUT2D eigenvalue weighted by Gasteiger charge is 2.16. The van der Waals surface area contributed by atoms with E-state index in [0.29, 0.717) is 11.7 Å². The molecule has 0 aliphatic rings. The molecule has 1 amide bonds. The summed E-state index contributed by atoms with van der Waals surface area (Å²) in [7, 11) is 0. The Hall–Kier alpha value is -2.74. The lowest BCUT2D eigenvalue weighted by Gasteiger charge is -2.10. The van der Waals surface area contributed by atoms with Gasteiger partial charge >= 0.3 is 0 Å². The number of nitrogens with one attached hydrogen (secondary N) is 1. The number of hydrogen-bond acceptors (Lipinski definition) is 6. The Morgan fingerprint density at radius 3 is 2.69 bits per heavy atom. The van der Waals surface area contributed by atoms with Gasteiger partial charge in [0.15, 0.2) is 5.13 Å². The van der Waals surface area contributed by atoms with Gasteiger partial charge in [-0.15, -0.1) is 11.3 Å². The molecule has 3 rings (SSSR count). The minimum atomic E-state index is -0.239. The van der Waals surface area contributed by atoms with Gasteiger partial charge in [-0.25, -0.2) is 9.97 Å². The maximum atomic E-state index is 12.3. The lowest BCUT2D eigenvalue weighted by Crippen LogP contribution is -2.24. The van der Waals surface area contributed by atoms with Crippen molar-refractivity contribution < 1.29 is 9.53 Å².